The summed E-state index contributed by atoms with van der Waals surface area (Å²) in [6, 6.07) is 4.38. The van der Waals surface area contributed by atoms with Crippen LogP contribution in [0.25, 0.3) is 0 Å². The van der Waals surface area contributed by atoms with E-state index in [4.69, 9.17) is 9.47 Å². The van der Waals surface area contributed by atoms with Crippen molar-refractivity contribution in [3.05, 3.63) is 29.6 Å². The second-order valence-corrected chi connectivity index (χ2v) is 10.5. The van der Waals surface area contributed by atoms with Crippen LogP contribution in [0.3, 0.4) is 0 Å². The first-order valence-corrected chi connectivity index (χ1v) is 12.6. The average Bonchev–Trinajstić information content (AvgIpc) is 3.21. The highest BCUT2D eigenvalue weighted by atomic mass is 19.1. The number of benzene rings is 1. The van der Waals surface area contributed by atoms with E-state index in [-0.39, 0.29) is 30.2 Å². The molecule has 0 radical (unpaired) electrons. The normalized spacial score (nSPS) is 22.2. The Morgan fingerprint density at radius 3 is 2.53 bits per heavy atom. The van der Waals surface area contributed by atoms with Gasteiger partial charge in [-0.15, -0.1) is 0 Å². The van der Waals surface area contributed by atoms with Crippen molar-refractivity contribution in [1.82, 2.24) is 9.80 Å². The van der Waals surface area contributed by atoms with E-state index in [1.165, 1.54) is 29.9 Å². The van der Waals surface area contributed by atoms with Gasteiger partial charge in [0, 0.05) is 32.2 Å². The molecule has 1 N–H and O–H groups in total. The minimum atomic E-state index is -0.589. The first-order valence-electron chi connectivity index (χ1n) is 12.6. The predicted octanol–water partition coefficient (Wildman–Crippen LogP) is 4.23. The molecule has 188 valence electrons. The summed E-state index contributed by atoms with van der Waals surface area (Å²) in [5.74, 6) is 0.141. The fourth-order valence-electron chi connectivity index (χ4n) is 5.63. The topological polar surface area (TPSA) is 79.3 Å². The third kappa shape index (κ3) is 5.82. The molecule has 7 nitrogen and oxygen atoms in total. The van der Waals surface area contributed by atoms with E-state index in [1.807, 2.05) is 18.7 Å². The Labute approximate surface area is 201 Å². The molecule has 2 amide bonds. The Hall–Kier alpha value is -2.35. The van der Waals surface area contributed by atoms with Gasteiger partial charge < -0.3 is 24.4 Å². The van der Waals surface area contributed by atoms with Crippen LogP contribution in [0.1, 0.15) is 69.2 Å². The quantitative estimate of drug-likeness (QED) is 0.596. The smallest absolute Gasteiger partial charge is 0.410 e. The third-order valence-corrected chi connectivity index (χ3v) is 7.51. The molecule has 1 saturated carbocycles. The molecule has 8 heteroatoms. The molecular formula is C26H37FN2O5. The van der Waals surface area contributed by atoms with E-state index in [9.17, 15) is 19.1 Å². The summed E-state index contributed by atoms with van der Waals surface area (Å²) in [6.07, 6.45) is 6.22. The molecule has 3 fully saturated rings. The number of carbonyl (C=O) groups is 2. The lowest BCUT2D eigenvalue weighted by Crippen LogP contribution is -2.49. The SMILES string of the molecule is CC(C)OC(=O)N1CCC2(CC1)CC(CCCOc1ccc(C(=O)N3CC[C@H](O)C3)c(F)c1)C2. The van der Waals surface area contributed by atoms with Gasteiger partial charge in [0.05, 0.1) is 24.4 Å². The number of carbonyl (C=O) groups excluding carboxylic acids is 2. The first-order chi connectivity index (χ1) is 16.2. The number of nitrogens with zero attached hydrogens (tertiary/aromatic N) is 2. The fourth-order valence-corrected chi connectivity index (χ4v) is 5.63. The van der Waals surface area contributed by atoms with Crippen LogP contribution in [0.2, 0.25) is 0 Å². The zero-order chi connectivity index (χ0) is 24.3. The Bertz CT molecular complexity index is 876. The highest BCUT2D eigenvalue weighted by Crippen LogP contribution is 2.54. The average molecular weight is 477 g/mol. The van der Waals surface area contributed by atoms with Gasteiger partial charge in [0.1, 0.15) is 11.6 Å². The number of aliphatic hydroxyl groups is 1. The van der Waals surface area contributed by atoms with Crippen molar-refractivity contribution in [1.29, 1.82) is 0 Å². The monoisotopic (exact) mass is 476 g/mol. The summed E-state index contributed by atoms with van der Waals surface area (Å²) in [4.78, 5) is 27.8. The molecule has 1 atom stereocenters. The lowest BCUT2D eigenvalue weighted by atomic mass is 9.56. The van der Waals surface area contributed by atoms with Crippen molar-refractivity contribution < 1.29 is 28.6 Å². The largest absolute Gasteiger partial charge is 0.493 e. The molecule has 1 aliphatic carbocycles. The van der Waals surface area contributed by atoms with E-state index < -0.39 is 11.9 Å². The predicted molar refractivity (Wildman–Crippen MR) is 125 cm³/mol. The van der Waals surface area contributed by atoms with Crippen molar-refractivity contribution in [2.45, 2.75) is 71.0 Å². The molecule has 0 unspecified atom stereocenters. The summed E-state index contributed by atoms with van der Waals surface area (Å²) in [5.41, 5.74) is 0.404. The molecular weight excluding hydrogens is 439 g/mol. The van der Waals surface area contributed by atoms with Gasteiger partial charge in [-0.25, -0.2) is 9.18 Å². The van der Waals surface area contributed by atoms with Crippen LogP contribution in [-0.4, -0.2) is 71.9 Å². The summed E-state index contributed by atoms with van der Waals surface area (Å²) in [6.45, 7) is 6.53. The Balaban J connectivity index is 1.14. The maximum Gasteiger partial charge on any atom is 0.410 e. The maximum atomic E-state index is 14.5. The molecule has 1 spiro atoms. The Kier molecular flexibility index (Phi) is 7.65. The molecule has 0 bridgehead atoms. The molecule has 3 aliphatic rings. The zero-order valence-corrected chi connectivity index (χ0v) is 20.3. The van der Waals surface area contributed by atoms with Crippen molar-refractivity contribution in [3.63, 3.8) is 0 Å². The van der Waals surface area contributed by atoms with Gasteiger partial charge >= 0.3 is 6.09 Å². The van der Waals surface area contributed by atoms with Crippen molar-refractivity contribution in [2.75, 3.05) is 32.8 Å². The van der Waals surface area contributed by atoms with E-state index in [0.29, 0.717) is 36.7 Å². The highest BCUT2D eigenvalue weighted by molar-refractivity contribution is 5.94. The number of ether oxygens (including phenoxy) is 2. The van der Waals surface area contributed by atoms with Crippen LogP contribution >= 0.6 is 0 Å². The van der Waals surface area contributed by atoms with Crippen LogP contribution in [-0.2, 0) is 4.74 Å². The molecule has 34 heavy (non-hydrogen) atoms. The molecule has 4 rings (SSSR count). The van der Waals surface area contributed by atoms with E-state index in [2.05, 4.69) is 0 Å². The van der Waals surface area contributed by atoms with Crippen LogP contribution in [0, 0.1) is 17.2 Å². The number of hydrogen-bond donors (Lipinski definition) is 1. The van der Waals surface area contributed by atoms with Gasteiger partial charge in [-0.1, -0.05) is 0 Å². The molecule has 2 saturated heterocycles. The van der Waals surface area contributed by atoms with Crippen molar-refractivity contribution in [2.24, 2.45) is 11.3 Å². The molecule has 0 aromatic heterocycles. The number of aliphatic hydroxyl groups excluding tert-OH is 1. The van der Waals surface area contributed by atoms with Crippen LogP contribution in [0.5, 0.6) is 5.75 Å². The summed E-state index contributed by atoms with van der Waals surface area (Å²) >= 11 is 0. The number of amides is 2. The Morgan fingerprint density at radius 2 is 1.91 bits per heavy atom. The number of piperidine rings is 1. The molecule has 1 aromatic carbocycles. The van der Waals surface area contributed by atoms with Gasteiger partial charge in [-0.3, -0.25) is 4.79 Å². The number of hydrogen-bond acceptors (Lipinski definition) is 5. The Morgan fingerprint density at radius 1 is 1.18 bits per heavy atom. The van der Waals surface area contributed by atoms with Crippen LogP contribution < -0.4 is 4.74 Å². The van der Waals surface area contributed by atoms with E-state index in [0.717, 1.165) is 38.8 Å². The lowest BCUT2D eigenvalue weighted by Gasteiger charge is -2.52. The standard InChI is InChI=1S/C26H37FN2O5/c1-18(2)34-25(32)28-11-8-26(9-12-28)15-19(16-26)4-3-13-33-21-5-6-22(23(27)14-21)24(31)29-10-7-20(30)17-29/h5-6,14,18-20,30H,3-4,7-13,15-17H2,1-2H3/t20-/m0/s1. The van der Waals surface area contributed by atoms with Crippen LogP contribution in [0.15, 0.2) is 18.2 Å². The second-order valence-electron chi connectivity index (χ2n) is 10.5. The zero-order valence-electron chi connectivity index (χ0n) is 20.3. The van der Waals surface area contributed by atoms with Crippen molar-refractivity contribution >= 4 is 12.0 Å². The number of rotatable bonds is 7. The molecule has 2 heterocycles. The highest BCUT2D eigenvalue weighted by Gasteiger charge is 2.46. The van der Waals surface area contributed by atoms with Gasteiger partial charge in [-0.05, 0) is 82.3 Å². The first kappa shape index (κ1) is 24.8. The number of halogens is 1. The van der Waals surface area contributed by atoms with Gasteiger partial charge in [0.25, 0.3) is 5.91 Å². The second kappa shape index (κ2) is 10.5. The van der Waals surface area contributed by atoms with E-state index >= 15 is 0 Å². The summed E-state index contributed by atoms with van der Waals surface area (Å²) in [5, 5.41) is 9.59. The molecule has 1 aromatic rings. The lowest BCUT2D eigenvalue weighted by molar-refractivity contribution is -0.0203. The maximum absolute atomic E-state index is 14.5. The van der Waals surface area contributed by atoms with Gasteiger partial charge in [0.15, 0.2) is 0 Å². The third-order valence-electron chi connectivity index (χ3n) is 7.51. The molecule has 2 aliphatic heterocycles. The van der Waals surface area contributed by atoms with Gasteiger partial charge in [0.2, 0.25) is 0 Å². The van der Waals surface area contributed by atoms with E-state index in [1.54, 1.807) is 6.07 Å². The number of β-amino-alcohol motifs (C(OH)–C–C–N with tert-alkyl or cyclic N) is 1. The summed E-state index contributed by atoms with van der Waals surface area (Å²) < 4.78 is 25.5. The fraction of sp³-hybridized carbons (Fsp3) is 0.692. The number of likely N-dealkylation sites (tertiary alicyclic amines) is 2. The van der Waals surface area contributed by atoms with Gasteiger partial charge in [-0.2, -0.15) is 0 Å². The van der Waals surface area contributed by atoms with Crippen molar-refractivity contribution in [3.8, 4) is 5.75 Å². The minimum Gasteiger partial charge on any atom is -0.493 e. The van der Waals surface area contributed by atoms with Crippen LogP contribution in [0.4, 0.5) is 9.18 Å². The minimum absolute atomic E-state index is 0.0183. The summed E-state index contributed by atoms with van der Waals surface area (Å²) in [7, 11) is 0.